The van der Waals surface area contributed by atoms with Crippen molar-refractivity contribution < 1.29 is 17.6 Å². The number of hydrogen-bond acceptors (Lipinski definition) is 8. The molecule has 146 valence electrons. The van der Waals surface area contributed by atoms with Crippen molar-refractivity contribution in [3.63, 3.8) is 0 Å². The molecule has 1 fully saturated rings. The number of thioether (sulfide) groups is 1. The van der Waals surface area contributed by atoms with Crippen LogP contribution in [0.3, 0.4) is 0 Å². The van der Waals surface area contributed by atoms with Crippen LogP contribution >= 0.6 is 23.1 Å². The molecule has 0 bridgehead atoms. The Morgan fingerprint density at radius 3 is 2.78 bits per heavy atom. The third-order valence-corrected chi connectivity index (χ3v) is 7.82. The number of sulfone groups is 1. The van der Waals surface area contributed by atoms with E-state index in [9.17, 15) is 17.6 Å². The molecule has 0 saturated carbocycles. The molecule has 0 radical (unpaired) electrons. The molecule has 1 saturated heterocycles. The molecule has 11 heteroatoms. The van der Waals surface area contributed by atoms with Crippen molar-refractivity contribution in [2.75, 3.05) is 16.8 Å². The number of amides is 1. The van der Waals surface area contributed by atoms with Crippen molar-refractivity contribution in [1.29, 1.82) is 0 Å². The predicted molar refractivity (Wildman–Crippen MR) is 104 cm³/mol. The summed E-state index contributed by atoms with van der Waals surface area (Å²) >= 11 is 2.60. The van der Waals surface area contributed by atoms with Crippen LogP contribution in [0.15, 0.2) is 28.6 Å². The van der Waals surface area contributed by atoms with Gasteiger partial charge in [-0.25, -0.2) is 12.8 Å². The van der Waals surface area contributed by atoms with Gasteiger partial charge in [-0.1, -0.05) is 35.2 Å². The number of hydrogen-bond donors (Lipinski definition) is 2. The second kappa shape index (κ2) is 8.53. The van der Waals surface area contributed by atoms with Crippen molar-refractivity contribution in [1.82, 2.24) is 15.5 Å². The van der Waals surface area contributed by atoms with Gasteiger partial charge in [-0.3, -0.25) is 4.79 Å². The minimum Gasteiger partial charge on any atom is -0.356 e. The predicted octanol–water partition coefficient (Wildman–Crippen LogP) is 2.07. The highest BCUT2D eigenvalue weighted by molar-refractivity contribution is 8.02. The monoisotopic (exact) mass is 430 g/mol. The lowest BCUT2D eigenvalue weighted by atomic mass is 10.2. The van der Waals surface area contributed by atoms with Gasteiger partial charge in [0.1, 0.15) is 5.82 Å². The fourth-order valence-electron chi connectivity index (χ4n) is 2.54. The summed E-state index contributed by atoms with van der Waals surface area (Å²) < 4.78 is 36.5. The van der Waals surface area contributed by atoms with Crippen LogP contribution in [0.1, 0.15) is 18.9 Å². The molecular formula is C16H19FN4O3S3. The lowest BCUT2D eigenvalue weighted by molar-refractivity contribution is -0.120. The van der Waals surface area contributed by atoms with Gasteiger partial charge in [0.05, 0.1) is 16.8 Å². The molecule has 3 rings (SSSR count). The summed E-state index contributed by atoms with van der Waals surface area (Å²) in [7, 11) is -3.02. The lowest BCUT2D eigenvalue weighted by Crippen LogP contribution is -2.39. The average Bonchev–Trinajstić information content (AvgIpc) is 3.20. The van der Waals surface area contributed by atoms with Crippen molar-refractivity contribution >= 4 is 44.0 Å². The molecule has 7 nitrogen and oxygen atoms in total. The fraction of sp³-hybridized carbons (Fsp3) is 0.438. The van der Waals surface area contributed by atoms with Crippen molar-refractivity contribution in [2.24, 2.45) is 0 Å². The van der Waals surface area contributed by atoms with Crippen LogP contribution < -0.4 is 10.6 Å². The topological polar surface area (TPSA) is 101 Å². The van der Waals surface area contributed by atoms with Crippen molar-refractivity contribution in [3.8, 4) is 0 Å². The third-order valence-electron chi connectivity index (χ3n) is 3.99. The number of anilines is 1. The van der Waals surface area contributed by atoms with Crippen LogP contribution in [-0.2, 0) is 21.2 Å². The Morgan fingerprint density at radius 2 is 2.11 bits per heavy atom. The maximum absolute atomic E-state index is 12.9. The van der Waals surface area contributed by atoms with Gasteiger partial charge in [-0.2, -0.15) is 0 Å². The van der Waals surface area contributed by atoms with Gasteiger partial charge >= 0.3 is 0 Å². The average molecular weight is 431 g/mol. The van der Waals surface area contributed by atoms with Crippen molar-refractivity contribution in [2.45, 2.75) is 35.5 Å². The van der Waals surface area contributed by atoms with E-state index in [0.29, 0.717) is 22.4 Å². The first-order valence-corrected chi connectivity index (χ1v) is 11.8. The highest BCUT2D eigenvalue weighted by Gasteiger charge is 2.30. The van der Waals surface area contributed by atoms with Crippen LogP contribution in [0.25, 0.3) is 0 Å². The summed E-state index contributed by atoms with van der Waals surface area (Å²) in [6, 6.07) is 5.86. The van der Waals surface area contributed by atoms with E-state index in [2.05, 4.69) is 20.8 Å². The van der Waals surface area contributed by atoms with E-state index in [1.165, 1.54) is 35.2 Å². The Kier molecular flexibility index (Phi) is 6.33. The summed E-state index contributed by atoms with van der Waals surface area (Å²) in [6.45, 7) is 2.24. The largest absolute Gasteiger partial charge is 0.356 e. The Bertz CT molecular complexity index is 902. The zero-order valence-electron chi connectivity index (χ0n) is 14.5. The normalized spacial score (nSPS) is 19.6. The number of rotatable bonds is 7. The van der Waals surface area contributed by atoms with Gasteiger partial charge in [0, 0.05) is 12.6 Å². The molecule has 1 amide bonds. The molecule has 1 aromatic heterocycles. The molecule has 2 aromatic rings. The number of carbonyl (C=O) groups excluding carboxylic acids is 1. The van der Waals surface area contributed by atoms with Gasteiger partial charge in [0.25, 0.3) is 0 Å². The highest BCUT2D eigenvalue weighted by atomic mass is 32.2. The minimum atomic E-state index is -3.02. The first kappa shape index (κ1) is 20.0. The standard InChI is InChI=1S/C16H19FN4O3S3/c1-10(14(22)19-13-6-7-27(23,24)9-13)25-16-21-20-15(26-16)18-8-11-2-4-12(17)5-3-11/h2-5,10,13H,6-9H2,1H3,(H,18,20)(H,19,22). The van der Waals surface area contributed by atoms with E-state index < -0.39 is 15.1 Å². The maximum Gasteiger partial charge on any atom is 0.233 e. The second-order valence-electron chi connectivity index (χ2n) is 6.22. The number of carbonyl (C=O) groups is 1. The van der Waals surface area contributed by atoms with Gasteiger partial charge in [0.2, 0.25) is 11.0 Å². The minimum absolute atomic E-state index is 0.00634. The Balaban J connectivity index is 1.47. The number of halogens is 1. The molecule has 2 atom stereocenters. The van der Waals surface area contributed by atoms with Crippen LogP contribution in [-0.4, -0.2) is 47.3 Å². The van der Waals surface area contributed by atoms with Crippen LogP contribution in [0.4, 0.5) is 9.52 Å². The lowest BCUT2D eigenvalue weighted by Gasteiger charge is -2.14. The molecule has 2 unspecified atom stereocenters. The van der Waals surface area contributed by atoms with E-state index in [4.69, 9.17) is 0 Å². The maximum atomic E-state index is 12.9. The summed E-state index contributed by atoms with van der Waals surface area (Å²) in [4.78, 5) is 12.2. The van der Waals surface area contributed by atoms with Gasteiger partial charge in [-0.05, 0) is 31.0 Å². The summed E-state index contributed by atoms with van der Waals surface area (Å²) in [5.41, 5.74) is 0.917. The summed E-state index contributed by atoms with van der Waals surface area (Å²) in [5.74, 6) is -0.361. The SMILES string of the molecule is CC(Sc1nnc(NCc2ccc(F)cc2)s1)C(=O)NC1CCS(=O)(=O)C1. The Labute approximate surface area is 165 Å². The summed E-state index contributed by atoms with van der Waals surface area (Å²) in [6.07, 6.45) is 0.460. The number of benzene rings is 1. The van der Waals surface area contributed by atoms with Crippen LogP contribution in [0, 0.1) is 5.82 Å². The smallest absolute Gasteiger partial charge is 0.233 e. The zero-order chi connectivity index (χ0) is 19.4. The summed E-state index contributed by atoms with van der Waals surface area (Å²) in [5, 5.41) is 14.2. The molecular weight excluding hydrogens is 411 g/mol. The highest BCUT2D eigenvalue weighted by Crippen LogP contribution is 2.29. The molecule has 1 aromatic carbocycles. The molecule has 0 aliphatic carbocycles. The second-order valence-corrected chi connectivity index (χ2v) is 11.0. The van der Waals surface area contributed by atoms with Crippen LogP contribution in [0.5, 0.6) is 0 Å². The van der Waals surface area contributed by atoms with E-state index in [1.54, 1.807) is 19.1 Å². The number of nitrogens with one attached hydrogen (secondary N) is 2. The quantitative estimate of drug-likeness (QED) is 0.649. The van der Waals surface area contributed by atoms with Crippen LogP contribution in [0.2, 0.25) is 0 Å². The molecule has 2 N–H and O–H groups in total. The zero-order valence-corrected chi connectivity index (χ0v) is 17.0. The third kappa shape index (κ3) is 5.88. The van der Waals surface area contributed by atoms with E-state index >= 15 is 0 Å². The van der Waals surface area contributed by atoms with E-state index in [0.717, 1.165) is 5.56 Å². The van der Waals surface area contributed by atoms with Crippen molar-refractivity contribution in [3.05, 3.63) is 35.6 Å². The molecule has 0 spiro atoms. The molecule has 1 aliphatic rings. The fourth-order valence-corrected chi connectivity index (χ4v) is 6.12. The van der Waals surface area contributed by atoms with Gasteiger partial charge in [0.15, 0.2) is 14.2 Å². The van der Waals surface area contributed by atoms with Gasteiger partial charge in [-0.15, -0.1) is 10.2 Å². The Hall–Kier alpha value is -1.72. The Morgan fingerprint density at radius 1 is 1.37 bits per heavy atom. The van der Waals surface area contributed by atoms with E-state index in [1.807, 2.05) is 0 Å². The van der Waals surface area contributed by atoms with Gasteiger partial charge < -0.3 is 10.6 Å². The molecule has 2 heterocycles. The molecule has 1 aliphatic heterocycles. The molecule has 27 heavy (non-hydrogen) atoms. The first-order valence-electron chi connectivity index (χ1n) is 8.30. The number of nitrogens with zero attached hydrogens (tertiary/aromatic N) is 2. The first-order chi connectivity index (χ1) is 12.8. The van der Waals surface area contributed by atoms with E-state index in [-0.39, 0.29) is 29.3 Å². The number of aromatic nitrogens is 2.